The summed E-state index contributed by atoms with van der Waals surface area (Å²) in [4.78, 5) is 0. The topological polar surface area (TPSA) is 0 Å². The van der Waals surface area contributed by atoms with Gasteiger partial charge in [0.25, 0.3) is 0 Å². The molecule has 0 aliphatic heterocycles. The van der Waals surface area contributed by atoms with Crippen molar-refractivity contribution in [3.8, 4) is 0 Å². The summed E-state index contributed by atoms with van der Waals surface area (Å²) < 4.78 is 1.59. The fourth-order valence-corrected chi connectivity index (χ4v) is 1.83. The SMILES string of the molecule is [Cr]=[C]1C2C=CCC12. The van der Waals surface area contributed by atoms with Crippen molar-refractivity contribution in [3.63, 3.8) is 0 Å². The average Bonchev–Trinajstić information content (AvgIpc) is 2.26. The number of hydrogen-bond donors (Lipinski definition) is 0. The molecule has 1 saturated carbocycles. The van der Waals surface area contributed by atoms with Crippen LogP contribution < -0.4 is 0 Å². The van der Waals surface area contributed by atoms with Crippen molar-refractivity contribution < 1.29 is 15.9 Å². The van der Waals surface area contributed by atoms with Crippen LogP contribution in [0.15, 0.2) is 12.2 Å². The van der Waals surface area contributed by atoms with Gasteiger partial charge in [-0.15, -0.1) is 0 Å². The standard InChI is InChI=1S/C6H6.Cr/c1-2-5-4-6(5)3-1;/h1-2,5-6H,3H2;. The monoisotopic (exact) mass is 130 g/mol. The molecular formula is C6H6Cr. The zero-order valence-electron chi connectivity index (χ0n) is 3.92. The number of rotatable bonds is 0. The van der Waals surface area contributed by atoms with Gasteiger partial charge in [0.05, 0.1) is 0 Å². The van der Waals surface area contributed by atoms with E-state index in [0.717, 1.165) is 11.8 Å². The second-order valence-electron chi connectivity index (χ2n) is 2.20. The molecule has 1 fully saturated rings. The molecule has 2 rings (SSSR count). The molecule has 0 radical (unpaired) electrons. The van der Waals surface area contributed by atoms with Gasteiger partial charge in [-0.25, -0.2) is 0 Å². The molecule has 7 heavy (non-hydrogen) atoms. The van der Waals surface area contributed by atoms with Crippen LogP contribution in [0.2, 0.25) is 0 Å². The van der Waals surface area contributed by atoms with E-state index in [1.165, 1.54) is 6.42 Å². The van der Waals surface area contributed by atoms with E-state index in [9.17, 15) is 0 Å². The van der Waals surface area contributed by atoms with Crippen molar-refractivity contribution in [3.05, 3.63) is 12.2 Å². The molecule has 0 nitrogen and oxygen atoms in total. The molecule has 0 saturated heterocycles. The van der Waals surface area contributed by atoms with E-state index in [2.05, 4.69) is 28.0 Å². The van der Waals surface area contributed by atoms with Gasteiger partial charge in [0.2, 0.25) is 0 Å². The quantitative estimate of drug-likeness (QED) is 0.427. The van der Waals surface area contributed by atoms with E-state index in [4.69, 9.17) is 0 Å². The van der Waals surface area contributed by atoms with Crippen molar-refractivity contribution in [2.45, 2.75) is 6.42 Å². The molecule has 0 amide bonds. The zero-order valence-corrected chi connectivity index (χ0v) is 5.20. The van der Waals surface area contributed by atoms with Crippen molar-refractivity contribution in [2.24, 2.45) is 11.8 Å². The molecule has 0 bridgehead atoms. The van der Waals surface area contributed by atoms with Gasteiger partial charge in [-0.2, -0.15) is 0 Å². The van der Waals surface area contributed by atoms with Crippen LogP contribution >= 0.6 is 0 Å². The van der Waals surface area contributed by atoms with Gasteiger partial charge in [0.15, 0.2) is 0 Å². The Balaban J connectivity index is 2.33. The van der Waals surface area contributed by atoms with E-state index in [1.54, 1.807) is 4.38 Å². The summed E-state index contributed by atoms with van der Waals surface area (Å²) in [6.07, 6.45) is 5.87. The molecule has 36 valence electrons. The van der Waals surface area contributed by atoms with Gasteiger partial charge in [-0.1, -0.05) is 0 Å². The summed E-state index contributed by atoms with van der Waals surface area (Å²) in [6, 6.07) is 0. The molecule has 0 aromatic carbocycles. The second kappa shape index (κ2) is 1.10. The molecule has 0 aromatic rings. The number of allylic oxidation sites excluding steroid dienone is 2. The maximum atomic E-state index is 3.08. The first-order chi connectivity index (χ1) is 3.39. The Bertz CT molecular complexity index is 146. The van der Waals surface area contributed by atoms with Gasteiger partial charge < -0.3 is 0 Å². The first-order valence-corrected chi connectivity index (χ1v) is 3.24. The molecule has 2 unspecified atom stereocenters. The summed E-state index contributed by atoms with van der Waals surface area (Å²) >= 11 is 3.08. The van der Waals surface area contributed by atoms with Gasteiger partial charge in [-0.05, 0) is 0 Å². The summed E-state index contributed by atoms with van der Waals surface area (Å²) in [5.74, 6) is 1.79. The van der Waals surface area contributed by atoms with E-state index < -0.39 is 0 Å². The summed E-state index contributed by atoms with van der Waals surface area (Å²) in [6.45, 7) is 0. The first kappa shape index (κ1) is 4.06. The van der Waals surface area contributed by atoms with E-state index in [-0.39, 0.29) is 0 Å². The fraction of sp³-hybridized carbons (Fsp3) is 0.500. The first-order valence-electron chi connectivity index (χ1n) is 2.60. The van der Waals surface area contributed by atoms with Gasteiger partial charge >= 0.3 is 50.6 Å². The molecular weight excluding hydrogens is 124 g/mol. The van der Waals surface area contributed by atoms with Crippen LogP contribution in [-0.2, 0) is 15.9 Å². The van der Waals surface area contributed by atoms with Crippen LogP contribution in [0.1, 0.15) is 6.42 Å². The third-order valence-corrected chi connectivity index (χ3v) is 2.65. The predicted molar refractivity (Wildman–Crippen MR) is 25.7 cm³/mol. The molecule has 0 aromatic heterocycles. The molecule has 0 heterocycles. The summed E-state index contributed by atoms with van der Waals surface area (Å²) in [5.41, 5.74) is 0. The third kappa shape index (κ3) is 0.405. The average molecular weight is 130 g/mol. The number of hydrogen-bond acceptors (Lipinski definition) is 0. The fourth-order valence-electron chi connectivity index (χ4n) is 1.18. The molecule has 2 atom stereocenters. The van der Waals surface area contributed by atoms with Crippen molar-refractivity contribution in [1.29, 1.82) is 0 Å². The zero-order chi connectivity index (χ0) is 4.85. The molecule has 2 aliphatic carbocycles. The van der Waals surface area contributed by atoms with Crippen LogP contribution in [0.3, 0.4) is 0 Å². The molecule has 0 N–H and O–H groups in total. The van der Waals surface area contributed by atoms with Gasteiger partial charge in [-0.3, -0.25) is 0 Å². The third-order valence-electron chi connectivity index (χ3n) is 1.75. The second-order valence-corrected chi connectivity index (χ2v) is 2.93. The maximum absolute atomic E-state index is 3.08. The van der Waals surface area contributed by atoms with Crippen LogP contribution in [0, 0.1) is 11.8 Å². The van der Waals surface area contributed by atoms with Crippen LogP contribution in [-0.4, -0.2) is 4.38 Å². The summed E-state index contributed by atoms with van der Waals surface area (Å²) in [5, 5.41) is 0. The van der Waals surface area contributed by atoms with Crippen molar-refractivity contribution in [1.82, 2.24) is 0 Å². The Morgan fingerprint density at radius 3 is 2.86 bits per heavy atom. The molecule has 2 aliphatic rings. The molecule has 1 heteroatoms. The van der Waals surface area contributed by atoms with Gasteiger partial charge in [0, 0.05) is 0 Å². The van der Waals surface area contributed by atoms with Gasteiger partial charge in [0.1, 0.15) is 0 Å². The van der Waals surface area contributed by atoms with Crippen molar-refractivity contribution in [2.75, 3.05) is 0 Å². The van der Waals surface area contributed by atoms with E-state index >= 15 is 0 Å². The van der Waals surface area contributed by atoms with Crippen LogP contribution in [0.4, 0.5) is 0 Å². The predicted octanol–water partition coefficient (Wildman–Crippen LogP) is 0.911. The Hall–Kier alpha value is 0.142. The van der Waals surface area contributed by atoms with E-state index in [0.29, 0.717) is 0 Å². The Labute approximate surface area is 51.2 Å². The van der Waals surface area contributed by atoms with Crippen LogP contribution in [0.25, 0.3) is 0 Å². The Morgan fingerprint density at radius 2 is 2.57 bits per heavy atom. The van der Waals surface area contributed by atoms with Crippen molar-refractivity contribution >= 4 is 4.38 Å². The minimum absolute atomic E-state index is 0.861. The minimum atomic E-state index is 0.861. The molecule has 0 spiro atoms. The number of fused-ring (bicyclic) bond motifs is 1. The Kier molecular flexibility index (Phi) is 0.640. The normalized spacial score (nSPS) is 44.3. The summed E-state index contributed by atoms with van der Waals surface area (Å²) in [7, 11) is 0. The van der Waals surface area contributed by atoms with Crippen LogP contribution in [0.5, 0.6) is 0 Å². The van der Waals surface area contributed by atoms with E-state index in [1.807, 2.05) is 0 Å². The Morgan fingerprint density at radius 1 is 1.71 bits per heavy atom.